The molecule has 0 aliphatic heterocycles. The van der Waals surface area contributed by atoms with Crippen molar-refractivity contribution in [3.8, 4) is 5.75 Å². The lowest BCUT2D eigenvalue weighted by atomic mass is 10.0. The Bertz CT molecular complexity index is 502. The van der Waals surface area contributed by atoms with Crippen molar-refractivity contribution in [3.63, 3.8) is 0 Å². The van der Waals surface area contributed by atoms with Crippen LogP contribution in [0.15, 0.2) is 29.9 Å². The van der Waals surface area contributed by atoms with Gasteiger partial charge in [0.2, 0.25) is 0 Å². The molecule has 0 aliphatic carbocycles. The maximum Gasteiger partial charge on any atom is 0.131 e. The summed E-state index contributed by atoms with van der Waals surface area (Å²) in [5.74, 6) is 0.280. The van der Waals surface area contributed by atoms with Gasteiger partial charge >= 0.3 is 0 Å². The van der Waals surface area contributed by atoms with E-state index in [4.69, 9.17) is 4.74 Å². The highest BCUT2D eigenvalue weighted by Crippen LogP contribution is 2.25. The molecular formula is C13H15FN2OS. The summed E-state index contributed by atoms with van der Waals surface area (Å²) >= 11 is 1.58. The summed E-state index contributed by atoms with van der Waals surface area (Å²) < 4.78 is 19.0. The Kier molecular flexibility index (Phi) is 4.28. The molecule has 0 radical (unpaired) electrons. The number of thiazole rings is 1. The van der Waals surface area contributed by atoms with Crippen molar-refractivity contribution in [3.05, 3.63) is 46.2 Å². The van der Waals surface area contributed by atoms with E-state index in [9.17, 15) is 4.39 Å². The zero-order valence-electron chi connectivity index (χ0n) is 10.3. The zero-order valence-corrected chi connectivity index (χ0v) is 11.1. The van der Waals surface area contributed by atoms with E-state index >= 15 is 0 Å². The first-order valence-electron chi connectivity index (χ1n) is 5.62. The van der Waals surface area contributed by atoms with Gasteiger partial charge in [-0.05, 0) is 13.1 Å². The molecule has 2 rings (SSSR count). The Morgan fingerprint density at radius 3 is 2.89 bits per heavy atom. The minimum absolute atomic E-state index is 0.0589. The molecule has 0 amide bonds. The van der Waals surface area contributed by atoms with Crippen molar-refractivity contribution in [2.24, 2.45) is 0 Å². The third kappa shape index (κ3) is 2.86. The fraction of sp³-hybridized carbons (Fsp3) is 0.308. The molecule has 2 aromatic rings. The van der Waals surface area contributed by atoms with Gasteiger partial charge in [0.25, 0.3) is 0 Å². The summed E-state index contributed by atoms with van der Waals surface area (Å²) in [5, 5.41) is 3.13. The first kappa shape index (κ1) is 13.0. The summed E-state index contributed by atoms with van der Waals surface area (Å²) in [6, 6.07) is 4.88. The van der Waals surface area contributed by atoms with Gasteiger partial charge in [0.05, 0.1) is 12.6 Å². The van der Waals surface area contributed by atoms with Crippen LogP contribution in [-0.4, -0.2) is 19.1 Å². The monoisotopic (exact) mass is 266 g/mol. The number of nitrogens with zero attached hydrogens (tertiary/aromatic N) is 1. The molecule has 0 bridgehead atoms. The maximum atomic E-state index is 14.0. The van der Waals surface area contributed by atoms with Gasteiger partial charge in [-0.1, -0.05) is 6.07 Å². The number of halogens is 1. The Hall–Kier alpha value is -1.46. The van der Waals surface area contributed by atoms with Crippen LogP contribution in [0.3, 0.4) is 0 Å². The van der Waals surface area contributed by atoms with Crippen LogP contribution in [0.25, 0.3) is 0 Å². The molecule has 1 heterocycles. The lowest BCUT2D eigenvalue weighted by Crippen LogP contribution is -2.19. The van der Waals surface area contributed by atoms with Crippen molar-refractivity contribution in [2.75, 3.05) is 14.2 Å². The number of ether oxygens (including phenoxy) is 1. The molecule has 1 N–H and O–H groups in total. The van der Waals surface area contributed by atoms with Gasteiger partial charge in [0.15, 0.2) is 0 Å². The predicted molar refractivity (Wildman–Crippen MR) is 70.6 cm³/mol. The van der Waals surface area contributed by atoms with E-state index in [1.807, 2.05) is 13.2 Å². The first-order valence-corrected chi connectivity index (χ1v) is 6.50. The van der Waals surface area contributed by atoms with Crippen molar-refractivity contribution < 1.29 is 9.13 Å². The number of aromatic nitrogens is 1. The molecular weight excluding hydrogens is 251 g/mol. The minimum atomic E-state index is -0.252. The van der Waals surface area contributed by atoms with Crippen LogP contribution >= 0.6 is 11.3 Å². The third-order valence-corrected chi connectivity index (χ3v) is 3.62. The first-order chi connectivity index (χ1) is 8.74. The average molecular weight is 266 g/mol. The highest BCUT2D eigenvalue weighted by Gasteiger charge is 2.15. The number of nitrogens with one attached hydrogen (secondary N) is 1. The number of hydrogen-bond donors (Lipinski definition) is 1. The molecule has 1 aromatic carbocycles. The van der Waals surface area contributed by atoms with Gasteiger partial charge in [0, 0.05) is 35.2 Å². The molecule has 96 valence electrons. The normalized spacial score (nSPS) is 12.4. The van der Waals surface area contributed by atoms with Crippen LogP contribution in [0, 0.1) is 5.82 Å². The molecule has 1 aromatic heterocycles. The topological polar surface area (TPSA) is 34.2 Å². The molecule has 1 atom stereocenters. The van der Waals surface area contributed by atoms with Gasteiger partial charge in [-0.2, -0.15) is 0 Å². The van der Waals surface area contributed by atoms with Crippen LogP contribution in [-0.2, 0) is 6.42 Å². The van der Waals surface area contributed by atoms with Crippen molar-refractivity contribution in [1.82, 2.24) is 10.3 Å². The standard InChI is InChI=1S/C13H15FN2OS/c1-15-13(6-10-7-16-8-18-10)11-4-3-9(17-2)5-12(11)14/h3-5,7-8,13,15H,6H2,1-2H3. The van der Waals surface area contributed by atoms with Crippen molar-refractivity contribution in [1.29, 1.82) is 0 Å². The second-order valence-electron chi connectivity index (χ2n) is 3.90. The van der Waals surface area contributed by atoms with Crippen LogP contribution in [0.2, 0.25) is 0 Å². The Morgan fingerprint density at radius 2 is 2.33 bits per heavy atom. The second-order valence-corrected chi connectivity index (χ2v) is 4.87. The Balaban J connectivity index is 2.22. The molecule has 0 saturated carbocycles. The minimum Gasteiger partial charge on any atom is -0.497 e. The third-order valence-electron chi connectivity index (χ3n) is 2.82. The Labute approximate surface area is 110 Å². The van der Waals surface area contributed by atoms with Crippen LogP contribution in [0.5, 0.6) is 5.75 Å². The summed E-state index contributed by atoms with van der Waals surface area (Å²) in [6.45, 7) is 0. The summed E-state index contributed by atoms with van der Waals surface area (Å²) in [7, 11) is 3.36. The fourth-order valence-electron chi connectivity index (χ4n) is 1.83. The van der Waals surface area contributed by atoms with E-state index in [-0.39, 0.29) is 11.9 Å². The summed E-state index contributed by atoms with van der Waals surface area (Å²) in [4.78, 5) is 5.16. The maximum absolute atomic E-state index is 14.0. The van der Waals surface area contributed by atoms with Gasteiger partial charge < -0.3 is 10.1 Å². The van der Waals surface area contributed by atoms with Gasteiger partial charge in [-0.25, -0.2) is 4.39 Å². The van der Waals surface area contributed by atoms with E-state index < -0.39 is 0 Å². The van der Waals surface area contributed by atoms with E-state index in [1.165, 1.54) is 13.2 Å². The number of methoxy groups -OCH3 is 1. The summed E-state index contributed by atoms with van der Waals surface area (Å²) in [5.41, 5.74) is 2.43. The van der Waals surface area contributed by atoms with Crippen LogP contribution in [0.4, 0.5) is 4.39 Å². The fourth-order valence-corrected chi connectivity index (χ4v) is 2.47. The summed E-state index contributed by atoms with van der Waals surface area (Å²) in [6.07, 6.45) is 2.54. The Morgan fingerprint density at radius 1 is 1.50 bits per heavy atom. The van der Waals surface area contributed by atoms with E-state index in [1.54, 1.807) is 29.0 Å². The zero-order chi connectivity index (χ0) is 13.0. The van der Waals surface area contributed by atoms with Gasteiger partial charge in [0.1, 0.15) is 11.6 Å². The number of rotatable bonds is 5. The number of hydrogen-bond acceptors (Lipinski definition) is 4. The van der Waals surface area contributed by atoms with Crippen molar-refractivity contribution >= 4 is 11.3 Å². The molecule has 0 spiro atoms. The lowest BCUT2D eigenvalue weighted by Gasteiger charge is -2.16. The highest BCUT2D eigenvalue weighted by molar-refractivity contribution is 7.09. The molecule has 0 fully saturated rings. The highest BCUT2D eigenvalue weighted by atomic mass is 32.1. The molecule has 18 heavy (non-hydrogen) atoms. The van der Waals surface area contributed by atoms with Crippen LogP contribution in [0.1, 0.15) is 16.5 Å². The lowest BCUT2D eigenvalue weighted by molar-refractivity contribution is 0.409. The quantitative estimate of drug-likeness (QED) is 0.903. The molecule has 0 aliphatic rings. The molecule has 5 heteroatoms. The largest absolute Gasteiger partial charge is 0.497 e. The van der Waals surface area contributed by atoms with E-state index in [0.29, 0.717) is 11.3 Å². The molecule has 0 saturated heterocycles. The van der Waals surface area contributed by atoms with Gasteiger partial charge in [-0.15, -0.1) is 11.3 Å². The van der Waals surface area contributed by atoms with E-state index in [2.05, 4.69) is 10.3 Å². The molecule has 3 nitrogen and oxygen atoms in total. The average Bonchev–Trinajstić information content (AvgIpc) is 2.89. The van der Waals surface area contributed by atoms with E-state index in [0.717, 1.165) is 11.3 Å². The van der Waals surface area contributed by atoms with Gasteiger partial charge in [-0.3, -0.25) is 4.98 Å². The smallest absolute Gasteiger partial charge is 0.131 e. The predicted octanol–water partition coefficient (Wildman–Crippen LogP) is 2.79. The molecule has 1 unspecified atom stereocenters. The second kappa shape index (κ2) is 5.93. The van der Waals surface area contributed by atoms with Crippen LogP contribution < -0.4 is 10.1 Å². The number of benzene rings is 1. The van der Waals surface area contributed by atoms with Crippen molar-refractivity contribution in [2.45, 2.75) is 12.5 Å². The SMILES string of the molecule is CNC(Cc1cncs1)c1ccc(OC)cc1F. The number of likely N-dealkylation sites (N-methyl/N-ethyl adjacent to an activating group) is 1.